The Labute approximate surface area is 96.8 Å². The van der Waals surface area contributed by atoms with E-state index in [2.05, 4.69) is 0 Å². The van der Waals surface area contributed by atoms with E-state index >= 15 is 0 Å². The van der Waals surface area contributed by atoms with Crippen LogP contribution in [-0.4, -0.2) is 7.11 Å². The number of rotatable bonds is 1. The average molecular weight is 240 g/mol. The molecule has 0 saturated heterocycles. The Balaban J connectivity index is 2.89. The van der Waals surface area contributed by atoms with E-state index in [1.54, 1.807) is 25.1 Å². The molecule has 90 valence electrons. The summed E-state index contributed by atoms with van der Waals surface area (Å²) in [7, 11) is 1.24. The second kappa shape index (κ2) is 3.95. The fourth-order valence-electron chi connectivity index (χ4n) is 1.96. The van der Waals surface area contributed by atoms with Gasteiger partial charge in [-0.25, -0.2) is 0 Å². The van der Waals surface area contributed by atoms with Gasteiger partial charge in [-0.3, -0.25) is 0 Å². The molecule has 0 atom stereocenters. The van der Waals surface area contributed by atoms with Crippen molar-refractivity contribution in [2.45, 2.75) is 13.1 Å². The zero-order valence-electron chi connectivity index (χ0n) is 9.43. The molecule has 1 nitrogen and oxygen atoms in total. The highest BCUT2D eigenvalue weighted by Crippen LogP contribution is 2.41. The SMILES string of the molecule is COc1ccc2c(C)cccc2c1C(F)(F)F. The van der Waals surface area contributed by atoms with E-state index in [1.807, 2.05) is 0 Å². The van der Waals surface area contributed by atoms with Crippen molar-refractivity contribution in [2.75, 3.05) is 7.11 Å². The fourth-order valence-corrected chi connectivity index (χ4v) is 1.96. The maximum atomic E-state index is 13.0. The summed E-state index contributed by atoms with van der Waals surface area (Å²) in [5.74, 6) is -0.143. The molecule has 0 radical (unpaired) electrons. The van der Waals surface area contributed by atoms with Crippen molar-refractivity contribution < 1.29 is 17.9 Å². The van der Waals surface area contributed by atoms with E-state index in [9.17, 15) is 13.2 Å². The molecule has 0 heterocycles. The van der Waals surface area contributed by atoms with Crippen LogP contribution < -0.4 is 4.74 Å². The third-order valence-corrected chi connectivity index (χ3v) is 2.74. The van der Waals surface area contributed by atoms with Gasteiger partial charge in [-0.15, -0.1) is 0 Å². The van der Waals surface area contributed by atoms with Gasteiger partial charge in [0.05, 0.1) is 7.11 Å². The smallest absolute Gasteiger partial charge is 0.420 e. The van der Waals surface area contributed by atoms with E-state index in [4.69, 9.17) is 4.74 Å². The number of hydrogen-bond acceptors (Lipinski definition) is 1. The summed E-state index contributed by atoms with van der Waals surface area (Å²) in [4.78, 5) is 0. The lowest BCUT2D eigenvalue weighted by Crippen LogP contribution is -2.08. The van der Waals surface area contributed by atoms with Crippen LogP contribution in [0.25, 0.3) is 10.8 Å². The second-order valence-corrected chi connectivity index (χ2v) is 3.81. The standard InChI is InChI=1S/C13H11F3O/c1-8-4-3-5-10-9(8)6-7-11(17-2)12(10)13(14,15)16/h3-7H,1-2H3. The number of methoxy groups -OCH3 is 1. The van der Waals surface area contributed by atoms with Crippen molar-refractivity contribution in [3.63, 3.8) is 0 Å². The molecule has 0 spiro atoms. The highest BCUT2D eigenvalue weighted by molar-refractivity contribution is 5.90. The van der Waals surface area contributed by atoms with E-state index in [0.717, 1.165) is 5.56 Å². The summed E-state index contributed by atoms with van der Waals surface area (Å²) < 4.78 is 43.9. The van der Waals surface area contributed by atoms with Gasteiger partial charge in [0.25, 0.3) is 0 Å². The van der Waals surface area contributed by atoms with Crippen LogP contribution in [0.2, 0.25) is 0 Å². The molecular formula is C13H11F3O. The van der Waals surface area contributed by atoms with Gasteiger partial charge >= 0.3 is 6.18 Å². The van der Waals surface area contributed by atoms with Crippen molar-refractivity contribution in [3.8, 4) is 5.75 Å². The van der Waals surface area contributed by atoms with Crippen LogP contribution in [-0.2, 0) is 6.18 Å². The van der Waals surface area contributed by atoms with Gasteiger partial charge in [0.2, 0.25) is 0 Å². The van der Waals surface area contributed by atoms with Gasteiger partial charge in [-0.2, -0.15) is 13.2 Å². The molecule has 0 bridgehead atoms. The molecule has 0 unspecified atom stereocenters. The Kier molecular flexibility index (Phi) is 2.73. The van der Waals surface area contributed by atoms with Gasteiger partial charge in [0.15, 0.2) is 0 Å². The molecule has 2 aromatic carbocycles. The van der Waals surface area contributed by atoms with Gasteiger partial charge in [-0.1, -0.05) is 24.3 Å². The molecule has 2 rings (SSSR count). The summed E-state index contributed by atoms with van der Waals surface area (Å²) >= 11 is 0. The lowest BCUT2D eigenvalue weighted by atomic mass is 9.99. The first kappa shape index (κ1) is 11.8. The Morgan fingerprint density at radius 1 is 1.00 bits per heavy atom. The third kappa shape index (κ3) is 1.95. The van der Waals surface area contributed by atoms with E-state index in [0.29, 0.717) is 5.39 Å². The highest BCUT2D eigenvalue weighted by atomic mass is 19.4. The molecule has 0 saturated carbocycles. The van der Waals surface area contributed by atoms with Crippen LogP contribution in [0.5, 0.6) is 5.75 Å². The predicted octanol–water partition coefficient (Wildman–Crippen LogP) is 4.18. The molecule has 0 N–H and O–H groups in total. The fraction of sp³-hybridized carbons (Fsp3) is 0.231. The van der Waals surface area contributed by atoms with Gasteiger partial charge in [-0.05, 0) is 29.3 Å². The largest absolute Gasteiger partial charge is 0.496 e. The summed E-state index contributed by atoms with van der Waals surface area (Å²) in [5, 5.41) is 0.775. The van der Waals surface area contributed by atoms with Gasteiger partial charge in [0, 0.05) is 0 Å². The van der Waals surface area contributed by atoms with Crippen molar-refractivity contribution in [1.82, 2.24) is 0 Å². The van der Waals surface area contributed by atoms with Gasteiger partial charge < -0.3 is 4.74 Å². The Hall–Kier alpha value is -1.71. The monoisotopic (exact) mass is 240 g/mol. The third-order valence-electron chi connectivity index (χ3n) is 2.74. The number of halogens is 3. The van der Waals surface area contributed by atoms with Crippen LogP contribution in [0.15, 0.2) is 30.3 Å². The van der Waals surface area contributed by atoms with Crippen LogP contribution in [0.1, 0.15) is 11.1 Å². The molecule has 0 aliphatic heterocycles. The molecule has 0 aliphatic carbocycles. The predicted molar refractivity (Wildman–Crippen MR) is 60.2 cm³/mol. The number of ether oxygens (including phenoxy) is 1. The summed E-state index contributed by atoms with van der Waals surface area (Å²) in [6.45, 7) is 1.79. The Bertz CT molecular complexity index is 558. The van der Waals surface area contributed by atoms with Crippen LogP contribution >= 0.6 is 0 Å². The Morgan fingerprint density at radius 3 is 2.29 bits per heavy atom. The van der Waals surface area contributed by atoms with Crippen LogP contribution in [0.3, 0.4) is 0 Å². The van der Waals surface area contributed by atoms with Crippen molar-refractivity contribution in [3.05, 3.63) is 41.5 Å². The second-order valence-electron chi connectivity index (χ2n) is 3.81. The van der Waals surface area contributed by atoms with E-state index in [1.165, 1.54) is 19.2 Å². The normalized spacial score (nSPS) is 11.8. The minimum Gasteiger partial charge on any atom is -0.496 e. The summed E-state index contributed by atoms with van der Waals surface area (Å²) in [6, 6.07) is 7.88. The zero-order valence-corrected chi connectivity index (χ0v) is 9.43. The molecule has 2 aromatic rings. The van der Waals surface area contributed by atoms with Crippen LogP contribution in [0, 0.1) is 6.92 Å². The molecule has 0 fully saturated rings. The van der Waals surface area contributed by atoms with Crippen molar-refractivity contribution in [2.24, 2.45) is 0 Å². The molecule has 0 amide bonds. The molecule has 4 heteroatoms. The topological polar surface area (TPSA) is 9.23 Å². The highest BCUT2D eigenvalue weighted by Gasteiger charge is 2.36. The quantitative estimate of drug-likeness (QED) is 0.726. The minimum absolute atomic E-state index is 0.143. The molecule has 0 aromatic heterocycles. The maximum absolute atomic E-state index is 13.0. The number of benzene rings is 2. The number of hydrogen-bond donors (Lipinski definition) is 0. The van der Waals surface area contributed by atoms with Crippen molar-refractivity contribution >= 4 is 10.8 Å². The average Bonchev–Trinajstić information content (AvgIpc) is 2.26. The molecular weight excluding hydrogens is 229 g/mol. The van der Waals surface area contributed by atoms with E-state index in [-0.39, 0.29) is 11.1 Å². The first-order chi connectivity index (χ1) is 7.95. The van der Waals surface area contributed by atoms with Crippen LogP contribution in [0.4, 0.5) is 13.2 Å². The first-order valence-electron chi connectivity index (χ1n) is 5.08. The summed E-state index contributed by atoms with van der Waals surface area (Å²) in [6.07, 6.45) is -4.42. The number of aryl methyl sites for hydroxylation is 1. The van der Waals surface area contributed by atoms with Crippen molar-refractivity contribution in [1.29, 1.82) is 0 Å². The Morgan fingerprint density at radius 2 is 1.71 bits per heavy atom. The maximum Gasteiger partial charge on any atom is 0.420 e. The van der Waals surface area contributed by atoms with Gasteiger partial charge in [0.1, 0.15) is 11.3 Å². The number of fused-ring (bicyclic) bond motifs is 1. The van der Waals surface area contributed by atoms with E-state index < -0.39 is 11.7 Å². The zero-order chi connectivity index (χ0) is 12.6. The first-order valence-corrected chi connectivity index (χ1v) is 5.08. The summed E-state index contributed by atoms with van der Waals surface area (Å²) in [5.41, 5.74) is 0.108. The number of alkyl halides is 3. The lowest BCUT2D eigenvalue weighted by molar-refractivity contribution is -0.137. The molecule has 17 heavy (non-hydrogen) atoms. The minimum atomic E-state index is -4.42. The molecule has 0 aliphatic rings. The lowest BCUT2D eigenvalue weighted by Gasteiger charge is -2.15.